The third-order valence-corrected chi connectivity index (χ3v) is 6.41. The van der Waals surface area contributed by atoms with Crippen LogP contribution in [0.4, 0.5) is 5.13 Å². The number of carbonyl (C=O) groups excluding carboxylic acids is 1. The van der Waals surface area contributed by atoms with Crippen molar-refractivity contribution in [2.24, 2.45) is 0 Å². The second-order valence-electron chi connectivity index (χ2n) is 7.87. The molecule has 32 heavy (non-hydrogen) atoms. The number of halogens is 1. The first-order valence-corrected chi connectivity index (χ1v) is 11.6. The second kappa shape index (κ2) is 9.30. The Kier molecular flexibility index (Phi) is 6.48. The van der Waals surface area contributed by atoms with E-state index in [2.05, 4.69) is 5.10 Å². The molecular formula is C24H25ClN4O2S. The van der Waals surface area contributed by atoms with Crippen LogP contribution in [-0.2, 0) is 11.3 Å². The Hall–Kier alpha value is -2.90. The average Bonchev–Trinajstić information content (AvgIpc) is 3.29. The zero-order valence-corrected chi connectivity index (χ0v) is 20.1. The molecule has 0 N–H and O–H groups in total. The van der Waals surface area contributed by atoms with Crippen molar-refractivity contribution < 1.29 is 9.53 Å². The molecule has 0 unspecified atom stereocenters. The van der Waals surface area contributed by atoms with Gasteiger partial charge in [-0.1, -0.05) is 35.1 Å². The molecule has 1 amide bonds. The van der Waals surface area contributed by atoms with Gasteiger partial charge in [0.05, 0.1) is 22.5 Å². The molecule has 0 fully saturated rings. The van der Waals surface area contributed by atoms with Crippen molar-refractivity contribution in [1.82, 2.24) is 14.8 Å². The lowest BCUT2D eigenvalue weighted by Gasteiger charge is -2.20. The Bertz CT molecular complexity index is 1280. The minimum absolute atomic E-state index is 0.0732. The van der Waals surface area contributed by atoms with Crippen LogP contribution in [0.1, 0.15) is 22.5 Å². The van der Waals surface area contributed by atoms with Gasteiger partial charge in [-0.15, -0.1) is 0 Å². The maximum Gasteiger partial charge on any atom is 0.266 e. The topological polar surface area (TPSA) is 60.2 Å². The molecule has 0 aliphatic carbocycles. The number of thiazole rings is 1. The zero-order valence-electron chi connectivity index (χ0n) is 18.6. The van der Waals surface area contributed by atoms with Crippen LogP contribution >= 0.6 is 22.9 Å². The Morgan fingerprint density at radius 3 is 2.69 bits per heavy atom. The number of amides is 1. The Morgan fingerprint density at radius 2 is 1.97 bits per heavy atom. The molecule has 0 aliphatic rings. The fourth-order valence-corrected chi connectivity index (χ4v) is 5.07. The number of benzene rings is 2. The molecule has 0 aliphatic heterocycles. The number of anilines is 1. The quantitative estimate of drug-likeness (QED) is 0.359. The van der Waals surface area contributed by atoms with E-state index in [1.807, 2.05) is 74.8 Å². The first-order chi connectivity index (χ1) is 15.3. The summed E-state index contributed by atoms with van der Waals surface area (Å²) in [5.74, 6) is 0.514. The summed E-state index contributed by atoms with van der Waals surface area (Å²) in [5, 5.41) is 5.81. The van der Waals surface area contributed by atoms with E-state index in [4.69, 9.17) is 21.3 Å². The number of hydrogen-bond acceptors (Lipinski definition) is 5. The molecule has 0 radical (unpaired) electrons. The van der Waals surface area contributed by atoms with Crippen molar-refractivity contribution in [3.63, 3.8) is 0 Å². The third-order valence-electron chi connectivity index (χ3n) is 5.16. The SMILES string of the molecule is Cc1cccc(OCC(=O)N(CCn2nc(C)cc2C)c2nc3c(C)cc(Cl)cc3s2)c1. The largest absolute Gasteiger partial charge is 0.484 e. The van der Waals surface area contributed by atoms with E-state index in [0.717, 1.165) is 32.7 Å². The molecule has 4 aromatic rings. The summed E-state index contributed by atoms with van der Waals surface area (Å²) < 4.78 is 8.65. The van der Waals surface area contributed by atoms with Crippen molar-refractivity contribution in [1.29, 1.82) is 0 Å². The first kappa shape index (κ1) is 22.3. The van der Waals surface area contributed by atoms with Crippen LogP contribution in [0.3, 0.4) is 0 Å². The molecule has 2 heterocycles. The molecule has 2 aromatic carbocycles. The van der Waals surface area contributed by atoms with Gasteiger partial charge in [0, 0.05) is 17.3 Å². The lowest BCUT2D eigenvalue weighted by atomic mass is 10.2. The smallest absolute Gasteiger partial charge is 0.266 e. The standard InChI is InChI=1S/C24H25ClN4O2S/c1-15-6-5-7-20(10-15)31-14-22(30)28(8-9-29-18(4)12-17(3)27-29)24-26-23-16(2)11-19(25)13-21(23)32-24/h5-7,10-13H,8-9,14H2,1-4H3. The summed E-state index contributed by atoms with van der Waals surface area (Å²) in [6.45, 7) is 8.86. The van der Waals surface area contributed by atoms with Gasteiger partial charge in [-0.05, 0) is 69.2 Å². The highest BCUT2D eigenvalue weighted by molar-refractivity contribution is 7.22. The lowest BCUT2D eigenvalue weighted by molar-refractivity contribution is -0.120. The summed E-state index contributed by atoms with van der Waals surface area (Å²) in [4.78, 5) is 19.7. The Labute approximate surface area is 196 Å². The Morgan fingerprint density at radius 1 is 1.16 bits per heavy atom. The molecule has 0 bridgehead atoms. The number of ether oxygens (including phenoxy) is 1. The fraction of sp³-hybridized carbons (Fsp3) is 0.292. The minimum Gasteiger partial charge on any atom is -0.484 e. The van der Waals surface area contributed by atoms with E-state index >= 15 is 0 Å². The molecular weight excluding hydrogens is 444 g/mol. The maximum atomic E-state index is 13.3. The van der Waals surface area contributed by atoms with Gasteiger partial charge in [0.2, 0.25) is 0 Å². The summed E-state index contributed by atoms with van der Waals surface area (Å²) in [7, 11) is 0. The van der Waals surface area contributed by atoms with Gasteiger partial charge in [-0.2, -0.15) is 5.10 Å². The van der Waals surface area contributed by atoms with E-state index in [-0.39, 0.29) is 12.5 Å². The molecule has 0 spiro atoms. The number of aromatic nitrogens is 3. The highest BCUT2D eigenvalue weighted by atomic mass is 35.5. The van der Waals surface area contributed by atoms with Crippen molar-refractivity contribution in [3.05, 3.63) is 70.0 Å². The fourth-order valence-electron chi connectivity index (χ4n) is 3.61. The molecule has 166 valence electrons. The predicted molar refractivity (Wildman–Crippen MR) is 130 cm³/mol. The minimum atomic E-state index is -0.157. The van der Waals surface area contributed by atoms with Crippen LogP contribution in [0.2, 0.25) is 5.02 Å². The summed E-state index contributed by atoms with van der Waals surface area (Å²) >= 11 is 7.69. The van der Waals surface area contributed by atoms with Gasteiger partial charge in [-0.3, -0.25) is 14.4 Å². The van der Waals surface area contributed by atoms with Crippen molar-refractivity contribution in [2.75, 3.05) is 18.1 Å². The van der Waals surface area contributed by atoms with Crippen LogP contribution < -0.4 is 9.64 Å². The number of aryl methyl sites for hydroxylation is 4. The van der Waals surface area contributed by atoms with Crippen LogP contribution in [0.25, 0.3) is 10.2 Å². The lowest BCUT2D eigenvalue weighted by Crippen LogP contribution is -2.37. The monoisotopic (exact) mass is 468 g/mol. The molecule has 0 saturated carbocycles. The van der Waals surface area contributed by atoms with E-state index in [1.54, 1.807) is 4.90 Å². The number of fused-ring (bicyclic) bond motifs is 1. The molecule has 0 atom stereocenters. The van der Waals surface area contributed by atoms with E-state index in [0.29, 0.717) is 29.0 Å². The number of hydrogen-bond donors (Lipinski definition) is 0. The normalized spacial score (nSPS) is 11.2. The van der Waals surface area contributed by atoms with Gasteiger partial charge in [0.25, 0.3) is 5.91 Å². The van der Waals surface area contributed by atoms with E-state index < -0.39 is 0 Å². The maximum absolute atomic E-state index is 13.3. The first-order valence-electron chi connectivity index (χ1n) is 10.4. The molecule has 0 saturated heterocycles. The van der Waals surface area contributed by atoms with Crippen molar-refractivity contribution in [3.8, 4) is 5.75 Å². The van der Waals surface area contributed by atoms with Gasteiger partial charge in [-0.25, -0.2) is 4.98 Å². The number of nitrogens with zero attached hydrogens (tertiary/aromatic N) is 4. The summed E-state index contributed by atoms with van der Waals surface area (Å²) in [6, 6.07) is 13.5. The van der Waals surface area contributed by atoms with Gasteiger partial charge in [0.15, 0.2) is 11.7 Å². The Balaban J connectivity index is 1.60. The molecule has 2 aromatic heterocycles. The van der Waals surface area contributed by atoms with Crippen LogP contribution in [0.15, 0.2) is 42.5 Å². The van der Waals surface area contributed by atoms with Crippen molar-refractivity contribution >= 4 is 44.2 Å². The van der Waals surface area contributed by atoms with Gasteiger partial charge < -0.3 is 4.74 Å². The number of carbonyl (C=O) groups is 1. The average molecular weight is 469 g/mol. The second-order valence-corrected chi connectivity index (χ2v) is 9.31. The van der Waals surface area contributed by atoms with Crippen LogP contribution in [-0.4, -0.2) is 33.8 Å². The van der Waals surface area contributed by atoms with E-state index in [1.165, 1.54) is 11.3 Å². The predicted octanol–water partition coefficient (Wildman–Crippen LogP) is 5.49. The van der Waals surface area contributed by atoms with Crippen molar-refractivity contribution in [2.45, 2.75) is 34.2 Å². The summed E-state index contributed by atoms with van der Waals surface area (Å²) in [6.07, 6.45) is 0. The molecule has 8 heteroatoms. The zero-order chi connectivity index (χ0) is 22.8. The van der Waals surface area contributed by atoms with Crippen LogP contribution in [0, 0.1) is 27.7 Å². The molecule has 6 nitrogen and oxygen atoms in total. The van der Waals surface area contributed by atoms with Gasteiger partial charge in [0.1, 0.15) is 5.75 Å². The van der Waals surface area contributed by atoms with Crippen LogP contribution in [0.5, 0.6) is 5.75 Å². The highest BCUT2D eigenvalue weighted by Gasteiger charge is 2.22. The van der Waals surface area contributed by atoms with E-state index in [9.17, 15) is 4.79 Å². The number of rotatable bonds is 7. The summed E-state index contributed by atoms with van der Waals surface area (Å²) in [5.41, 5.74) is 4.93. The third kappa shape index (κ3) is 4.95. The van der Waals surface area contributed by atoms with Gasteiger partial charge >= 0.3 is 0 Å². The molecule has 4 rings (SSSR count). The highest BCUT2D eigenvalue weighted by Crippen LogP contribution is 2.33.